The molecule has 9 heteroatoms. The zero-order valence-corrected chi connectivity index (χ0v) is 14.9. The van der Waals surface area contributed by atoms with Gasteiger partial charge in [-0.05, 0) is 30.0 Å². The molecular formula is C18H14N2O6S. The van der Waals surface area contributed by atoms with E-state index in [1.807, 2.05) is 6.92 Å². The number of aryl methyl sites for hydroxylation is 1. The molecule has 3 rings (SSSR count). The molecule has 0 bridgehead atoms. The molecule has 0 saturated carbocycles. The third-order valence-electron chi connectivity index (χ3n) is 3.48. The molecule has 0 saturated heterocycles. The van der Waals surface area contributed by atoms with Crippen LogP contribution >= 0.6 is 11.8 Å². The highest BCUT2D eigenvalue weighted by atomic mass is 32.2. The first kappa shape index (κ1) is 18.5. The Balaban J connectivity index is 1.90. The number of carbonyl (C=O) groups is 2. The van der Waals surface area contributed by atoms with E-state index >= 15 is 0 Å². The Bertz CT molecular complexity index is 1020. The van der Waals surface area contributed by atoms with Gasteiger partial charge in [0.15, 0.2) is 0 Å². The molecule has 2 heterocycles. The van der Waals surface area contributed by atoms with Crippen LogP contribution < -0.4 is 0 Å². The normalized spacial score (nSPS) is 11.5. The van der Waals surface area contributed by atoms with Crippen molar-refractivity contribution in [2.45, 2.75) is 18.6 Å². The number of hydrogen-bond donors (Lipinski definition) is 2. The van der Waals surface area contributed by atoms with Gasteiger partial charge in [0.25, 0.3) is 5.22 Å². The summed E-state index contributed by atoms with van der Waals surface area (Å²) >= 11 is 0.808. The lowest BCUT2D eigenvalue weighted by molar-refractivity contribution is -0.131. The van der Waals surface area contributed by atoms with Gasteiger partial charge in [0.1, 0.15) is 16.4 Å². The molecule has 2 aromatic heterocycles. The van der Waals surface area contributed by atoms with E-state index in [-0.39, 0.29) is 21.5 Å². The van der Waals surface area contributed by atoms with Crippen LogP contribution in [0.2, 0.25) is 0 Å². The Kier molecular flexibility index (Phi) is 5.41. The average Bonchev–Trinajstić information content (AvgIpc) is 3.30. The summed E-state index contributed by atoms with van der Waals surface area (Å²) in [5.41, 5.74) is 0.492. The summed E-state index contributed by atoms with van der Waals surface area (Å²) in [6, 6.07) is 9.54. The summed E-state index contributed by atoms with van der Waals surface area (Å²) < 4.78 is 10.9. The zero-order chi connectivity index (χ0) is 19.4. The maximum Gasteiger partial charge on any atom is 0.342 e. The number of carboxylic acids is 2. The number of carboxylic acid groups (broad SMARTS) is 2. The van der Waals surface area contributed by atoms with Gasteiger partial charge in [0, 0.05) is 18.1 Å². The van der Waals surface area contributed by atoms with E-state index < -0.39 is 11.9 Å². The van der Waals surface area contributed by atoms with Gasteiger partial charge in [0.05, 0.1) is 5.56 Å². The minimum Gasteiger partial charge on any atom is -0.478 e. The molecule has 0 amide bonds. The maximum atomic E-state index is 11.5. The molecule has 0 radical (unpaired) electrons. The standard InChI is InChI=1S/C18H14N2O6S/c1-2-15-19-20-18(26-15)27-14(17(23)24)9-10-7-8-13(25-10)11-5-3-4-6-12(11)16(21)22/h3-9H,2H2,1H3,(H,21,22)(H,23,24)/b14-9-. The van der Waals surface area contributed by atoms with E-state index in [9.17, 15) is 19.8 Å². The minimum absolute atomic E-state index is 0.0753. The van der Waals surface area contributed by atoms with Gasteiger partial charge in [0.2, 0.25) is 5.89 Å². The van der Waals surface area contributed by atoms with Gasteiger partial charge >= 0.3 is 11.9 Å². The van der Waals surface area contributed by atoms with Gasteiger partial charge in [-0.2, -0.15) is 0 Å². The maximum absolute atomic E-state index is 11.5. The summed E-state index contributed by atoms with van der Waals surface area (Å²) in [6.07, 6.45) is 1.86. The fourth-order valence-electron chi connectivity index (χ4n) is 2.24. The predicted octanol–water partition coefficient (Wildman–Crippen LogP) is 3.81. The molecule has 0 unspecified atom stereocenters. The number of rotatable bonds is 7. The van der Waals surface area contributed by atoms with Crippen LogP contribution in [0.1, 0.15) is 28.9 Å². The summed E-state index contributed by atoms with van der Waals surface area (Å²) in [6.45, 7) is 1.84. The molecule has 138 valence electrons. The summed E-state index contributed by atoms with van der Waals surface area (Å²) in [7, 11) is 0. The van der Waals surface area contributed by atoms with Gasteiger partial charge < -0.3 is 19.0 Å². The van der Waals surface area contributed by atoms with Crippen molar-refractivity contribution in [2.24, 2.45) is 0 Å². The Morgan fingerprint density at radius 1 is 1.11 bits per heavy atom. The third kappa shape index (κ3) is 4.26. The van der Waals surface area contributed by atoms with Gasteiger partial charge in [-0.3, -0.25) is 0 Å². The number of hydrogen-bond acceptors (Lipinski definition) is 7. The van der Waals surface area contributed by atoms with E-state index in [0.717, 1.165) is 11.8 Å². The van der Waals surface area contributed by atoms with Crippen molar-refractivity contribution >= 4 is 29.8 Å². The highest BCUT2D eigenvalue weighted by molar-refractivity contribution is 8.03. The molecule has 0 fully saturated rings. The van der Waals surface area contributed by atoms with Crippen molar-refractivity contribution in [3.63, 3.8) is 0 Å². The molecule has 0 aliphatic carbocycles. The van der Waals surface area contributed by atoms with E-state index in [0.29, 0.717) is 23.6 Å². The molecular weight excluding hydrogens is 372 g/mol. The lowest BCUT2D eigenvalue weighted by atomic mass is 10.1. The quantitative estimate of drug-likeness (QED) is 0.460. The fourth-order valence-corrected chi connectivity index (χ4v) is 2.91. The van der Waals surface area contributed by atoms with Crippen LogP contribution in [0.3, 0.4) is 0 Å². The lowest BCUT2D eigenvalue weighted by Crippen LogP contribution is -1.98. The molecule has 0 aliphatic heterocycles. The number of aromatic nitrogens is 2. The first-order chi connectivity index (χ1) is 13.0. The second-order valence-electron chi connectivity index (χ2n) is 5.28. The van der Waals surface area contributed by atoms with Crippen molar-refractivity contribution in [1.29, 1.82) is 0 Å². The van der Waals surface area contributed by atoms with Crippen LogP contribution in [0.4, 0.5) is 0 Å². The molecule has 2 N–H and O–H groups in total. The van der Waals surface area contributed by atoms with Crippen molar-refractivity contribution in [1.82, 2.24) is 10.2 Å². The molecule has 0 aliphatic rings. The Labute approximate surface area is 157 Å². The van der Waals surface area contributed by atoms with Crippen LogP contribution in [-0.4, -0.2) is 32.3 Å². The van der Waals surface area contributed by atoms with Crippen molar-refractivity contribution < 1.29 is 28.6 Å². The highest BCUT2D eigenvalue weighted by Gasteiger charge is 2.17. The second kappa shape index (κ2) is 7.92. The topological polar surface area (TPSA) is 127 Å². The zero-order valence-electron chi connectivity index (χ0n) is 14.1. The first-order valence-electron chi connectivity index (χ1n) is 7.85. The van der Waals surface area contributed by atoms with E-state index in [1.165, 1.54) is 12.1 Å². The van der Waals surface area contributed by atoms with Crippen LogP contribution in [0, 0.1) is 0 Å². The molecule has 27 heavy (non-hydrogen) atoms. The molecule has 0 atom stereocenters. The Morgan fingerprint density at radius 2 is 1.89 bits per heavy atom. The molecule has 3 aromatic rings. The van der Waals surface area contributed by atoms with Gasteiger partial charge in [-0.25, -0.2) is 9.59 Å². The minimum atomic E-state index is -1.18. The number of aliphatic carboxylic acids is 1. The van der Waals surface area contributed by atoms with Crippen LogP contribution in [0.15, 0.2) is 55.4 Å². The monoisotopic (exact) mass is 386 g/mol. The van der Waals surface area contributed by atoms with E-state index in [4.69, 9.17) is 8.83 Å². The van der Waals surface area contributed by atoms with E-state index in [1.54, 1.807) is 30.3 Å². The number of nitrogens with zero attached hydrogens (tertiary/aromatic N) is 2. The van der Waals surface area contributed by atoms with Crippen molar-refractivity contribution in [3.05, 3.63) is 58.5 Å². The van der Waals surface area contributed by atoms with Gasteiger partial charge in [-0.15, -0.1) is 10.2 Å². The smallest absolute Gasteiger partial charge is 0.342 e. The highest BCUT2D eigenvalue weighted by Crippen LogP contribution is 2.30. The van der Waals surface area contributed by atoms with Crippen LogP contribution in [-0.2, 0) is 11.2 Å². The van der Waals surface area contributed by atoms with Crippen molar-refractivity contribution in [3.8, 4) is 11.3 Å². The summed E-state index contributed by atoms with van der Waals surface area (Å²) in [4.78, 5) is 22.8. The second-order valence-corrected chi connectivity index (χ2v) is 6.28. The Hall–Kier alpha value is -3.33. The fraction of sp³-hybridized carbons (Fsp3) is 0.111. The average molecular weight is 386 g/mol. The number of benzene rings is 1. The Morgan fingerprint density at radius 3 is 2.56 bits per heavy atom. The molecule has 1 aromatic carbocycles. The van der Waals surface area contributed by atoms with E-state index in [2.05, 4.69) is 10.2 Å². The number of thioether (sulfide) groups is 1. The summed E-state index contributed by atoms with van der Waals surface area (Å²) in [5.74, 6) is -1.28. The number of aromatic carboxylic acids is 1. The van der Waals surface area contributed by atoms with Crippen molar-refractivity contribution in [2.75, 3.05) is 0 Å². The molecule has 8 nitrogen and oxygen atoms in total. The predicted molar refractivity (Wildman–Crippen MR) is 96.2 cm³/mol. The van der Waals surface area contributed by atoms with Crippen LogP contribution in [0.25, 0.3) is 17.4 Å². The first-order valence-corrected chi connectivity index (χ1v) is 8.67. The van der Waals surface area contributed by atoms with Gasteiger partial charge in [-0.1, -0.05) is 25.1 Å². The number of furan rings is 1. The largest absolute Gasteiger partial charge is 0.478 e. The van der Waals surface area contributed by atoms with Crippen LogP contribution in [0.5, 0.6) is 0 Å². The molecule has 0 spiro atoms. The lowest BCUT2D eigenvalue weighted by Gasteiger charge is -2.02. The third-order valence-corrected chi connectivity index (χ3v) is 4.33. The summed E-state index contributed by atoms with van der Waals surface area (Å²) in [5, 5.41) is 26.4. The SMILES string of the molecule is CCc1nnc(S/C(=C\c2ccc(-c3ccccc3C(=O)O)o2)C(=O)O)o1.